The van der Waals surface area contributed by atoms with Crippen LogP contribution >= 0.6 is 0 Å². The Kier molecular flexibility index (Phi) is 2.26. The molecule has 0 bridgehead atoms. The lowest BCUT2D eigenvalue weighted by atomic mass is 10.4. The molecule has 2 nitrogen and oxygen atoms in total. The fraction of sp³-hybridized carbons (Fsp3) is 0.222. The predicted molar refractivity (Wildman–Crippen MR) is 46.9 cm³/mol. The second-order valence-corrected chi connectivity index (χ2v) is 2.39. The van der Waals surface area contributed by atoms with Gasteiger partial charge in [0, 0.05) is 18.9 Å². The average Bonchev–Trinajstić information content (AvgIpc) is 2.04. The van der Waals surface area contributed by atoms with Gasteiger partial charge in [0.2, 0.25) is 0 Å². The van der Waals surface area contributed by atoms with E-state index >= 15 is 0 Å². The van der Waals surface area contributed by atoms with Crippen LogP contribution in [0.15, 0.2) is 36.0 Å². The van der Waals surface area contributed by atoms with E-state index in [9.17, 15) is 0 Å². The van der Waals surface area contributed by atoms with Gasteiger partial charge in [-0.1, -0.05) is 12.6 Å². The smallest absolute Gasteiger partial charge is 0.131 e. The van der Waals surface area contributed by atoms with E-state index in [0.29, 0.717) is 0 Å². The summed E-state index contributed by atoms with van der Waals surface area (Å²) < 4.78 is 1.94. The first-order valence-electron chi connectivity index (χ1n) is 3.52. The van der Waals surface area contributed by atoms with E-state index in [1.165, 1.54) is 0 Å². The van der Waals surface area contributed by atoms with Gasteiger partial charge in [0.05, 0.1) is 0 Å². The number of aromatic nitrogens is 1. The molecule has 0 aliphatic rings. The molecule has 0 spiro atoms. The molecule has 0 fully saturated rings. The van der Waals surface area contributed by atoms with Crippen molar-refractivity contribution in [3.05, 3.63) is 36.5 Å². The Morgan fingerprint density at radius 3 is 2.73 bits per heavy atom. The van der Waals surface area contributed by atoms with Crippen LogP contribution in [0.2, 0.25) is 0 Å². The Morgan fingerprint density at radius 1 is 1.55 bits per heavy atom. The number of pyridine rings is 1. The van der Waals surface area contributed by atoms with Crippen molar-refractivity contribution in [3.8, 4) is 0 Å². The maximum absolute atomic E-state index is 4.09. The third-order valence-corrected chi connectivity index (χ3v) is 1.48. The highest BCUT2D eigenvalue weighted by molar-refractivity contribution is 5.37. The molecule has 0 aliphatic carbocycles. The van der Waals surface area contributed by atoms with Gasteiger partial charge >= 0.3 is 0 Å². The topological polar surface area (TPSA) is 17.3 Å². The predicted octanol–water partition coefficient (Wildman–Crippen LogP) is 1.51. The lowest BCUT2D eigenvalue weighted by molar-refractivity contribution is 0.956. The van der Waals surface area contributed by atoms with Gasteiger partial charge in [-0.05, 0) is 19.1 Å². The minimum absolute atomic E-state index is 0.931. The van der Waals surface area contributed by atoms with E-state index in [4.69, 9.17) is 0 Å². The maximum Gasteiger partial charge on any atom is 0.131 e. The normalized spacial score (nSPS) is 11.6. The zero-order valence-electron chi connectivity index (χ0n) is 6.91. The molecule has 1 aromatic rings. The molecule has 1 heterocycles. The Labute approximate surface area is 66.5 Å². The molecule has 0 amide bonds. The highest BCUT2D eigenvalue weighted by Crippen LogP contribution is 1.92. The van der Waals surface area contributed by atoms with Gasteiger partial charge in [0.15, 0.2) is 0 Å². The summed E-state index contributed by atoms with van der Waals surface area (Å²) in [5.41, 5.74) is 1.91. The van der Waals surface area contributed by atoms with Crippen LogP contribution in [0.1, 0.15) is 6.92 Å². The number of hydrogen-bond acceptors (Lipinski definition) is 1. The average molecular weight is 148 g/mol. The van der Waals surface area contributed by atoms with Crippen LogP contribution in [0.25, 0.3) is 5.70 Å². The van der Waals surface area contributed by atoms with Gasteiger partial charge in [-0.2, -0.15) is 0 Å². The van der Waals surface area contributed by atoms with Crippen molar-refractivity contribution < 1.29 is 0 Å². The number of allylic oxidation sites excluding steroid dienone is 1. The summed E-state index contributed by atoms with van der Waals surface area (Å²) in [5, 5.41) is 0. The van der Waals surface area contributed by atoms with E-state index in [-0.39, 0.29) is 0 Å². The van der Waals surface area contributed by atoms with Crippen molar-refractivity contribution in [3.63, 3.8) is 0 Å². The summed E-state index contributed by atoms with van der Waals surface area (Å²) in [6.07, 6.45) is 1.95. The number of hydrogen-bond donors (Lipinski definition) is 0. The molecule has 0 saturated heterocycles. The van der Waals surface area contributed by atoms with E-state index in [0.717, 1.165) is 11.2 Å². The van der Waals surface area contributed by atoms with Gasteiger partial charge in [-0.15, -0.1) is 0 Å². The molecular weight excluding hydrogens is 136 g/mol. The monoisotopic (exact) mass is 148 g/mol. The first kappa shape index (κ1) is 7.79. The largest absolute Gasteiger partial charge is 0.307 e. The fourth-order valence-corrected chi connectivity index (χ4v) is 0.939. The minimum atomic E-state index is 0.931. The molecule has 0 radical (unpaired) electrons. The van der Waals surface area contributed by atoms with E-state index < -0.39 is 0 Å². The van der Waals surface area contributed by atoms with Gasteiger partial charge in [0.1, 0.15) is 5.49 Å². The third-order valence-electron chi connectivity index (χ3n) is 1.48. The minimum Gasteiger partial charge on any atom is -0.307 e. The fourth-order valence-electron chi connectivity index (χ4n) is 0.939. The molecule has 1 aromatic heterocycles. The first-order valence-corrected chi connectivity index (χ1v) is 3.52. The molecule has 11 heavy (non-hydrogen) atoms. The lowest BCUT2D eigenvalue weighted by Crippen LogP contribution is -2.16. The third kappa shape index (κ3) is 1.58. The summed E-state index contributed by atoms with van der Waals surface area (Å²) in [4.78, 5) is 4.09. The second-order valence-electron chi connectivity index (χ2n) is 2.39. The molecule has 0 aliphatic heterocycles. The molecule has 0 N–H and O–H groups in total. The summed E-state index contributed by atoms with van der Waals surface area (Å²) in [7, 11) is 1.77. The highest BCUT2D eigenvalue weighted by Gasteiger charge is 1.88. The zero-order chi connectivity index (χ0) is 8.27. The van der Waals surface area contributed by atoms with Crippen LogP contribution in [0, 0.1) is 0 Å². The van der Waals surface area contributed by atoms with Crippen LogP contribution in [0.4, 0.5) is 0 Å². The van der Waals surface area contributed by atoms with Crippen molar-refractivity contribution in [2.45, 2.75) is 6.92 Å². The highest BCUT2D eigenvalue weighted by atomic mass is 15.0. The number of rotatable bonds is 1. The standard InChI is InChI=1S/C9H12N2/c1-8(2)11-7-5-4-6-9(11)10-3/h4-7H,1H2,2-3H3. The summed E-state index contributed by atoms with van der Waals surface area (Å²) in [6.45, 7) is 5.79. The van der Waals surface area contributed by atoms with Crippen molar-refractivity contribution in [1.82, 2.24) is 4.57 Å². The first-order chi connectivity index (χ1) is 5.25. The molecule has 1 rings (SSSR count). The molecule has 0 atom stereocenters. The maximum atomic E-state index is 4.09. The zero-order valence-corrected chi connectivity index (χ0v) is 6.91. The van der Waals surface area contributed by atoms with Gasteiger partial charge < -0.3 is 4.57 Å². The van der Waals surface area contributed by atoms with Crippen LogP contribution in [-0.2, 0) is 0 Å². The van der Waals surface area contributed by atoms with Crippen molar-refractivity contribution >= 4 is 5.70 Å². The van der Waals surface area contributed by atoms with Crippen LogP contribution in [-0.4, -0.2) is 11.6 Å². The molecule has 0 saturated carbocycles. The summed E-state index contributed by atoms with van der Waals surface area (Å²) >= 11 is 0. The lowest BCUT2D eigenvalue weighted by Gasteiger charge is -2.03. The Morgan fingerprint density at radius 2 is 2.27 bits per heavy atom. The van der Waals surface area contributed by atoms with Crippen LogP contribution in [0.5, 0.6) is 0 Å². The Bertz CT molecular complexity index is 320. The SMILES string of the molecule is C=C(C)n1ccccc1=NC. The molecule has 0 aromatic carbocycles. The van der Waals surface area contributed by atoms with Crippen molar-refractivity contribution in [2.24, 2.45) is 4.99 Å². The summed E-state index contributed by atoms with van der Waals surface area (Å²) in [5.74, 6) is 0. The Balaban J connectivity index is 3.36. The van der Waals surface area contributed by atoms with Gasteiger partial charge in [-0.25, -0.2) is 0 Å². The van der Waals surface area contributed by atoms with Gasteiger partial charge in [0.25, 0.3) is 0 Å². The van der Waals surface area contributed by atoms with Crippen molar-refractivity contribution in [2.75, 3.05) is 7.05 Å². The molecular formula is C9H12N2. The Hall–Kier alpha value is -1.31. The van der Waals surface area contributed by atoms with Crippen molar-refractivity contribution in [1.29, 1.82) is 0 Å². The van der Waals surface area contributed by atoms with Gasteiger partial charge in [-0.3, -0.25) is 4.99 Å². The summed E-state index contributed by atoms with van der Waals surface area (Å²) in [6, 6.07) is 5.87. The quantitative estimate of drug-likeness (QED) is 0.574. The van der Waals surface area contributed by atoms with E-state index in [2.05, 4.69) is 11.6 Å². The van der Waals surface area contributed by atoms with Crippen LogP contribution < -0.4 is 5.49 Å². The van der Waals surface area contributed by atoms with E-state index in [1.54, 1.807) is 7.05 Å². The molecule has 2 heteroatoms. The number of nitrogens with zero attached hydrogens (tertiary/aromatic N) is 2. The van der Waals surface area contributed by atoms with E-state index in [1.807, 2.05) is 35.9 Å². The molecule has 58 valence electrons. The second kappa shape index (κ2) is 3.19. The molecule has 0 unspecified atom stereocenters. The van der Waals surface area contributed by atoms with Crippen LogP contribution in [0.3, 0.4) is 0 Å².